The third kappa shape index (κ3) is 6.60. The molecule has 3 nitrogen and oxygen atoms in total. The average molecular weight is 277 g/mol. The highest BCUT2D eigenvalue weighted by molar-refractivity contribution is 5.85. The quantitative estimate of drug-likeness (QED) is 0.751. The van der Waals surface area contributed by atoms with Crippen molar-refractivity contribution in [3.8, 4) is 0 Å². The van der Waals surface area contributed by atoms with E-state index in [9.17, 15) is 4.79 Å². The molecule has 0 aliphatic carbocycles. The van der Waals surface area contributed by atoms with Gasteiger partial charge in [-0.15, -0.1) is 12.4 Å². The van der Waals surface area contributed by atoms with Gasteiger partial charge in [0, 0.05) is 12.5 Å². The number of halogens is 1. The van der Waals surface area contributed by atoms with Crippen molar-refractivity contribution in [3.05, 3.63) is 0 Å². The van der Waals surface area contributed by atoms with Gasteiger partial charge in [0.25, 0.3) is 0 Å². The lowest BCUT2D eigenvalue weighted by Gasteiger charge is -2.23. The van der Waals surface area contributed by atoms with Gasteiger partial charge in [-0.25, -0.2) is 0 Å². The first-order valence-corrected chi connectivity index (χ1v) is 7.26. The number of amides is 1. The van der Waals surface area contributed by atoms with Crippen LogP contribution >= 0.6 is 12.4 Å². The van der Waals surface area contributed by atoms with Crippen LogP contribution in [0.2, 0.25) is 0 Å². The van der Waals surface area contributed by atoms with E-state index in [0.717, 1.165) is 32.5 Å². The van der Waals surface area contributed by atoms with Crippen molar-refractivity contribution in [2.45, 2.75) is 52.4 Å². The fourth-order valence-electron chi connectivity index (χ4n) is 2.42. The minimum atomic E-state index is 0. The number of carbonyl (C=O) groups is 1. The van der Waals surface area contributed by atoms with E-state index >= 15 is 0 Å². The maximum atomic E-state index is 12.0. The Hall–Kier alpha value is -0.280. The van der Waals surface area contributed by atoms with Gasteiger partial charge < -0.3 is 10.6 Å². The normalized spacial score (nSPS) is 17.9. The van der Waals surface area contributed by atoms with E-state index in [4.69, 9.17) is 0 Å². The van der Waals surface area contributed by atoms with Crippen molar-refractivity contribution in [2.75, 3.05) is 19.6 Å². The molecule has 1 atom stereocenters. The topological polar surface area (TPSA) is 41.1 Å². The minimum absolute atomic E-state index is 0. The largest absolute Gasteiger partial charge is 0.356 e. The summed E-state index contributed by atoms with van der Waals surface area (Å²) in [7, 11) is 0. The molecule has 1 heterocycles. The van der Waals surface area contributed by atoms with Gasteiger partial charge in [-0.2, -0.15) is 0 Å². The Morgan fingerprint density at radius 3 is 2.56 bits per heavy atom. The van der Waals surface area contributed by atoms with Crippen LogP contribution < -0.4 is 10.6 Å². The Morgan fingerprint density at radius 2 is 2.00 bits per heavy atom. The second kappa shape index (κ2) is 10.6. The Labute approximate surface area is 118 Å². The van der Waals surface area contributed by atoms with Gasteiger partial charge in [0.15, 0.2) is 0 Å². The fourth-order valence-corrected chi connectivity index (χ4v) is 2.42. The van der Waals surface area contributed by atoms with E-state index in [2.05, 4.69) is 24.5 Å². The molecule has 1 aliphatic rings. The van der Waals surface area contributed by atoms with Crippen molar-refractivity contribution in [3.63, 3.8) is 0 Å². The van der Waals surface area contributed by atoms with Gasteiger partial charge in [0.2, 0.25) is 5.91 Å². The Bertz CT molecular complexity index is 218. The zero-order valence-electron chi connectivity index (χ0n) is 11.8. The van der Waals surface area contributed by atoms with E-state index in [1.54, 1.807) is 0 Å². The summed E-state index contributed by atoms with van der Waals surface area (Å²) in [5, 5.41) is 6.44. The molecule has 0 bridgehead atoms. The highest BCUT2D eigenvalue weighted by Crippen LogP contribution is 2.14. The van der Waals surface area contributed by atoms with Gasteiger partial charge in [0.05, 0.1) is 0 Å². The molecule has 1 aliphatic heterocycles. The smallest absolute Gasteiger partial charge is 0.223 e. The predicted octanol–water partition coefficient (Wildman–Crippen LogP) is 2.74. The van der Waals surface area contributed by atoms with Crippen LogP contribution in [0.3, 0.4) is 0 Å². The zero-order chi connectivity index (χ0) is 12.5. The molecule has 0 aromatic rings. The lowest BCUT2D eigenvalue weighted by Crippen LogP contribution is -2.39. The number of hydrogen-bond donors (Lipinski definition) is 2. The van der Waals surface area contributed by atoms with E-state index in [1.807, 2.05) is 0 Å². The van der Waals surface area contributed by atoms with E-state index in [1.165, 1.54) is 25.7 Å². The van der Waals surface area contributed by atoms with Gasteiger partial charge >= 0.3 is 0 Å². The molecule has 0 spiro atoms. The van der Waals surface area contributed by atoms with Crippen LogP contribution in [-0.2, 0) is 4.79 Å². The summed E-state index contributed by atoms with van der Waals surface area (Å²) in [6.07, 6.45) is 6.95. The summed E-state index contributed by atoms with van der Waals surface area (Å²) in [4.78, 5) is 12.0. The molecule has 0 radical (unpaired) electrons. The number of hydrogen-bond acceptors (Lipinski definition) is 2. The zero-order valence-corrected chi connectivity index (χ0v) is 12.7. The molecule has 2 N–H and O–H groups in total. The molecule has 4 heteroatoms. The maximum absolute atomic E-state index is 12.0. The van der Waals surface area contributed by atoms with Crippen LogP contribution in [0.1, 0.15) is 52.4 Å². The summed E-state index contributed by atoms with van der Waals surface area (Å²) >= 11 is 0. The van der Waals surface area contributed by atoms with Crippen LogP contribution in [0.15, 0.2) is 0 Å². The van der Waals surface area contributed by atoms with Crippen LogP contribution in [0, 0.1) is 11.8 Å². The molecule has 108 valence electrons. The SMILES string of the molecule is CCCCC(CC)CNC(=O)C1CCNCC1.Cl. The summed E-state index contributed by atoms with van der Waals surface area (Å²) < 4.78 is 0. The molecule has 0 saturated carbocycles. The number of unbranched alkanes of at least 4 members (excludes halogenated alkanes) is 1. The predicted molar refractivity (Wildman–Crippen MR) is 79.2 cm³/mol. The van der Waals surface area contributed by atoms with Gasteiger partial charge in [-0.1, -0.05) is 33.1 Å². The fraction of sp³-hybridized carbons (Fsp3) is 0.929. The Kier molecular flexibility index (Phi) is 10.5. The molecule has 1 fully saturated rings. The molecule has 1 rings (SSSR count). The molecule has 1 amide bonds. The Balaban J connectivity index is 0.00000289. The lowest BCUT2D eigenvalue weighted by molar-refractivity contribution is -0.125. The van der Waals surface area contributed by atoms with Crippen LogP contribution in [0.4, 0.5) is 0 Å². The number of nitrogens with one attached hydrogen (secondary N) is 2. The van der Waals surface area contributed by atoms with Crippen molar-refractivity contribution >= 4 is 18.3 Å². The minimum Gasteiger partial charge on any atom is -0.356 e. The first kappa shape index (κ1) is 17.7. The third-order valence-electron chi connectivity index (χ3n) is 3.82. The second-order valence-electron chi connectivity index (χ2n) is 5.19. The molecule has 0 aromatic heterocycles. The second-order valence-corrected chi connectivity index (χ2v) is 5.19. The number of piperidine rings is 1. The van der Waals surface area contributed by atoms with Crippen molar-refractivity contribution in [1.29, 1.82) is 0 Å². The number of carbonyl (C=O) groups excluding carboxylic acids is 1. The summed E-state index contributed by atoms with van der Waals surface area (Å²) in [5.74, 6) is 1.20. The van der Waals surface area contributed by atoms with Crippen LogP contribution in [0.25, 0.3) is 0 Å². The average Bonchev–Trinajstić information content (AvgIpc) is 2.39. The summed E-state index contributed by atoms with van der Waals surface area (Å²) in [6, 6.07) is 0. The lowest BCUT2D eigenvalue weighted by atomic mass is 9.96. The first-order chi connectivity index (χ1) is 8.27. The standard InChI is InChI=1S/C14H28N2O.ClH/c1-3-5-6-12(4-2)11-16-14(17)13-7-9-15-10-8-13;/h12-13,15H,3-11H2,1-2H3,(H,16,17);1H. The van der Waals surface area contributed by atoms with Crippen molar-refractivity contribution in [1.82, 2.24) is 10.6 Å². The third-order valence-corrected chi connectivity index (χ3v) is 3.82. The maximum Gasteiger partial charge on any atom is 0.223 e. The van der Waals surface area contributed by atoms with Gasteiger partial charge in [-0.3, -0.25) is 4.79 Å². The van der Waals surface area contributed by atoms with E-state index in [-0.39, 0.29) is 24.2 Å². The molecule has 1 unspecified atom stereocenters. The van der Waals surface area contributed by atoms with Crippen LogP contribution in [-0.4, -0.2) is 25.5 Å². The molecule has 1 saturated heterocycles. The highest BCUT2D eigenvalue weighted by Gasteiger charge is 2.21. The molecular formula is C14H29ClN2O. The van der Waals surface area contributed by atoms with Crippen LogP contribution in [0.5, 0.6) is 0 Å². The molecule has 18 heavy (non-hydrogen) atoms. The summed E-state index contributed by atoms with van der Waals surface area (Å²) in [6.45, 7) is 7.30. The number of rotatable bonds is 7. The Morgan fingerprint density at radius 1 is 1.33 bits per heavy atom. The van der Waals surface area contributed by atoms with Crippen molar-refractivity contribution < 1.29 is 4.79 Å². The van der Waals surface area contributed by atoms with Crippen molar-refractivity contribution in [2.24, 2.45) is 11.8 Å². The molecular weight excluding hydrogens is 248 g/mol. The first-order valence-electron chi connectivity index (χ1n) is 7.26. The van der Waals surface area contributed by atoms with Gasteiger partial charge in [0.1, 0.15) is 0 Å². The summed E-state index contributed by atoms with van der Waals surface area (Å²) in [5.41, 5.74) is 0. The van der Waals surface area contributed by atoms with Gasteiger partial charge in [-0.05, 0) is 38.3 Å². The highest BCUT2D eigenvalue weighted by atomic mass is 35.5. The van der Waals surface area contributed by atoms with E-state index < -0.39 is 0 Å². The van der Waals surface area contributed by atoms with E-state index in [0.29, 0.717) is 5.92 Å². The molecule has 0 aromatic carbocycles. The monoisotopic (exact) mass is 276 g/mol.